The van der Waals surface area contributed by atoms with Crippen molar-refractivity contribution >= 4 is 30.7 Å². The van der Waals surface area contributed by atoms with Gasteiger partial charge in [0.25, 0.3) is 0 Å². The first kappa shape index (κ1) is 22.2. The number of nitrogens with two attached hydrogens (primary N) is 1. The minimum Gasteiger partial charge on any atom is -0.354 e. The number of rotatable bonds is 6. The third-order valence-electron chi connectivity index (χ3n) is 4.70. The summed E-state index contributed by atoms with van der Waals surface area (Å²) in [5.41, 5.74) is 6.77. The van der Waals surface area contributed by atoms with E-state index in [9.17, 15) is 4.79 Å². The van der Waals surface area contributed by atoms with E-state index < -0.39 is 0 Å². The minimum absolute atomic E-state index is 0. The summed E-state index contributed by atoms with van der Waals surface area (Å²) in [6, 6.07) is 10.5. The van der Waals surface area contributed by atoms with Crippen LogP contribution in [-0.4, -0.2) is 38.0 Å². The fraction of sp³-hybridized carbons (Fsp3) is 0.588. The molecule has 0 heterocycles. The highest BCUT2D eigenvalue weighted by Gasteiger charge is 2.39. The molecule has 2 rings (SSSR count). The normalized spacial score (nSPS) is 17.0. The van der Waals surface area contributed by atoms with Crippen LogP contribution in [0, 0.1) is 5.41 Å². The SMILES string of the molecule is CN(C)C(CNC(=O)C1(CN)CCCC1)c1ccccc1.Cl.Cl. The van der Waals surface area contributed by atoms with Crippen molar-refractivity contribution in [1.82, 2.24) is 10.2 Å². The molecule has 0 aliphatic heterocycles. The molecule has 1 unspecified atom stereocenters. The molecule has 0 saturated heterocycles. The number of likely N-dealkylation sites (N-methyl/N-ethyl adjacent to an activating group) is 1. The zero-order valence-electron chi connectivity index (χ0n) is 14.0. The van der Waals surface area contributed by atoms with E-state index in [-0.39, 0.29) is 42.2 Å². The second kappa shape index (κ2) is 10.1. The van der Waals surface area contributed by atoms with Gasteiger partial charge in [-0.3, -0.25) is 4.79 Å². The number of carbonyl (C=O) groups excluding carboxylic acids is 1. The Hall–Kier alpha value is -0.810. The molecule has 1 aromatic carbocycles. The molecule has 1 fully saturated rings. The predicted molar refractivity (Wildman–Crippen MR) is 100 cm³/mol. The largest absolute Gasteiger partial charge is 0.354 e. The van der Waals surface area contributed by atoms with E-state index in [0.717, 1.165) is 25.7 Å². The van der Waals surface area contributed by atoms with Gasteiger partial charge in [-0.05, 0) is 32.5 Å². The lowest BCUT2D eigenvalue weighted by atomic mass is 9.85. The van der Waals surface area contributed by atoms with Crippen LogP contribution in [0.2, 0.25) is 0 Å². The Labute approximate surface area is 152 Å². The summed E-state index contributed by atoms with van der Waals surface area (Å²) in [6.45, 7) is 1.08. The molecule has 1 saturated carbocycles. The molecule has 1 aliphatic carbocycles. The van der Waals surface area contributed by atoms with E-state index >= 15 is 0 Å². The third-order valence-corrected chi connectivity index (χ3v) is 4.70. The molecule has 132 valence electrons. The van der Waals surface area contributed by atoms with Crippen molar-refractivity contribution in [2.75, 3.05) is 27.2 Å². The Morgan fingerprint density at radius 3 is 2.26 bits per heavy atom. The molecule has 0 bridgehead atoms. The molecule has 1 atom stereocenters. The molecule has 0 aromatic heterocycles. The number of benzene rings is 1. The lowest BCUT2D eigenvalue weighted by Crippen LogP contribution is -2.46. The van der Waals surface area contributed by atoms with Crippen molar-refractivity contribution in [2.24, 2.45) is 11.1 Å². The maximum absolute atomic E-state index is 12.5. The lowest BCUT2D eigenvalue weighted by Gasteiger charge is -2.29. The van der Waals surface area contributed by atoms with Crippen LogP contribution in [-0.2, 0) is 4.79 Å². The molecule has 4 nitrogen and oxygen atoms in total. The van der Waals surface area contributed by atoms with Crippen molar-refractivity contribution in [3.8, 4) is 0 Å². The van der Waals surface area contributed by atoms with Gasteiger partial charge in [-0.15, -0.1) is 24.8 Å². The quantitative estimate of drug-likeness (QED) is 0.818. The molecule has 23 heavy (non-hydrogen) atoms. The molecule has 6 heteroatoms. The van der Waals surface area contributed by atoms with Crippen molar-refractivity contribution in [2.45, 2.75) is 31.7 Å². The number of nitrogens with one attached hydrogen (secondary N) is 1. The monoisotopic (exact) mass is 361 g/mol. The van der Waals surface area contributed by atoms with Gasteiger partial charge in [-0.2, -0.15) is 0 Å². The molecular formula is C17H29Cl2N3O. The molecule has 3 N–H and O–H groups in total. The Bertz CT molecular complexity index is 462. The molecule has 0 radical (unpaired) electrons. The van der Waals surface area contributed by atoms with E-state index in [1.807, 2.05) is 32.3 Å². The van der Waals surface area contributed by atoms with Crippen LogP contribution in [0.4, 0.5) is 0 Å². The topological polar surface area (TPSA) is 58.4 Å². The van der Waals surface area contributed by atoms with Gasteiger partial charge in [-0.25, -0.2) is 0 Å². The summed E-state index contributed by atoms with van der Waals surface area (Å²) in [5, 5.41) is 3.14. The first-order valence-corrected chi connectivity index (χ1v) is 7.79. The van der Waals surface area contributed by atoms with E-state index in [0.29, 0.717) is 13.1 Å². The summed E-state index contributed by atoms with van der Waals surface area (Å²) >= 11 is 0. The van der Waals surface area contributed by atoms with Crippen molar-refractivity contribution < 1.29 is 4.79 Å². The van der Waals surface area contributed by atoms with Gasteiger partial charge in [0.05, 0.1) is 11.5 Å². The molecule has 1 aromatic rings. The number of carbonyl (C=O) groups is 1. The Kier molecular flexibility index (Phi) is 9.78. The maximum Gasteiger partial charge on any atom is 0.227 e. The van der Waals surface area contributed by atoms with Crippen LogP contribution in [0.25, 0.3) is 0 Å². The van der Waals surface area contributed by atoms with Gasteiger partial charge in [0, 0.05) is 13.1 Å². The number of amides is 1. The highest BCUT2D eigenvalue weighted by atomic mass is 35.5. The highest BCUT2D eigenvalue weighted by Crippen LogP contribution is 2.37. The first-order valence-electron chi connectivity index (χ1n) is 7.79. The maximum atomic E-state index is 12.5. The van der Waals surface area contributed by atoms with Gasteiger partial charge >= 0.3 is 0 Å². The fourth-order valence-electron chi connectivity index (χ4n) is 3.23. The summed E-state index contributed by atoms with van der Waals surface area (Å²) in [6.07, 6.45) is 4.07. The van der Waals surface area contributed by atoms with Crippen LogP contribution in [0.3, 0.4) is 0 Å². The average molecular weight is 362 g/mol. The van der Waals surface area contributed by atoms with Crippen LogP contribution >= 0.6 is 24.8 Å². The summed E-state index contributed by atoms with van der Waals surface area (Å²) in [4.78, 5) is 14.7. The first-order chi connectivity index (χ1) is 10.1. The summed E-state index contributed by atoms with van der Waals surface area (Å²) < 4.78 is 0. The average Bonchev–Trinajstić information content (AvgIpc) is 2.98. The second-order valence-corrected chi connectivity index (χ2v) is 6.29. The van der Waals surface area contributed by atoms with Gasteiger partial charge < -0.3 is 16.0 Å². The smallest absolute Gasteiger partial charge is 0.227 e. The number of halogens is 2. The van der Waals surface area contributed by atoms with Gasteiger partial charge in [0.15, 0.2) is 0 Å². The van der Waals surface area contributed by atoms with Crippen LogP contribution in [0.5, 0.6) is 0 Å². The van der Waals surface area contributed by atoms with Crippen LogP contribution in [0.15, 0.2) is 30.3 Å². The Balaban J connectivity index is 0.00000242. The minimum atomic E-state index is -0.326. The van der Waals surface area contributed by atoms with Crippen LogP contribution in [0.1, 0.15) is 37.3 Å². The zero-order valence-corrected chi connectivity index (χ0v) is 15.6. The van der Waals surface area contributed by atoms with Gasteiger partial charge in [0.1, 0.15) is 0 Å². The van der Waals surface area contributed by atoms with E-state index in [1.54, 1.807) is 0 Å². The fourth-order valence-corrected chi connectivity index (χ4v) is 3.23. The summed E-state index contributed by atoms with van der Waals surface area (Å²) in [7, 11) is 4.08. The standard InChI is InChI=1S/C17H27N3O.2ClH/c1-20(2)15(14-8-4-3-5-9-14)12-19-16(21)17(13-18)10-6-7-11-17;;/h3-5,8-9,15H,6-7,10-13,18H2,1-2H3,(H,19,21);2*1H. The Morgan fingerprint density at radius 1 is 1.22 bits per heavy atom. The zero-order chi connectivity index (χ0) is 15.3. The van der Waals surface area contributed by atoms with Gasteiger partial charge in [0.2, 0.25) is 5.91 Å². The van der Waals surface area contributed by atoms with E-state index in [4.69, 9.17) is 5.73 Å². The second-order valence-electron chi connectivity index (χ2n) is 6.29. The van der Waals surface area contributed by atoms with E-state index in [2.05, 4.69) is 22.3 Å². The molecule has 1 amide bonds. The molecule has 0 spiro atoms. The molecular weight excluding hydrogens is 333 g/mol. The van der Waals surface area contributed by atoms with Crippen LogP contribution < -0.4 is 11.1 Å². The number of hydrogen-bond donors (Lipinski definition) is 2. The van der Waals surface area contributed by atoms with Gasteiger partial charge in [-0.1, -0.05) is 43.2 Å². The number of nitrogens with zero attached hydrogens (tertiary/aromatic N) is 1. The third kappa shape index (κ3) is 5.35. The lowest BCUT2D eigenvalue weighted by molar-refractivity contribution is -0.130. The number of hydrogen-bond acceptors (Lipinski definition) is 3. The Morgan fingerprint density at radius 2 is 1.78 bits per heavy atom. The van der Waals surface area contributed by atoms with E-state index in [1.165, 1.54) is 5.56 Å². The van der Waals surface area contributed by atoms with Crippen molar-refractivity contribution in [3.63, 3.8) is 0 Å². The predicted octanol–water partition coefficient (Wildman–Crippen LogP) is 2.77. The highest BCUT2D eigenvalue weighted by molar-refractivity contribution is 5.85. The summed E-state index contributed by atoms with van der Waals surface area (Å²) in [5.74, 6) is 0.130. The van der Waals surface area contributed by atoms with Crippen molar-refractivity contribution in [1.29, 1.82) is 0 Å². The van der Waals surface area contributed by atoms with Crippen molar-refractivity contribution in [3.05, 3.63) is 35.9 Å². The molecule has 1 aliphatic rings.